The third kappa shape index (κ3) is 1.41. The number of hydrogen-bond donors (Lipinski definition) is 1. The smallest absolute Gasteiger partial charge is 0.248 e. The number of ketones is 1. The molecule has 2 rings (SSSR count). The van der Waals surface area contributed by atoms with Gasteiger partial charge in [-0.3, -0.25) is 9.59 Å². The van der Waals surface area contributed by atoms with Crippen LogP contribution in [0.5, 0.6) is 0 Å². The summed E-state index contributed by atoms with van der Waals surface area (Å²) in [5.74, 6) is 0.489. The first-order valence-electron chi connectivity index (χ1n) is 4.42. The molecule has 1 heterocycles. The van der Waals surface area contributed by atoms with Crippen molar-refractivity contribution in [2.24, 2.45) is 5.92 Å². The molecular weight excluding hydrogens is 166 g/mol. The van der Waals surface area contributed by atoms with Crippen molar-refractivity contribution >= 4 is 5.78 Å². The summed E-state index contributed by atoms with van der Waals surface area (Å²) in [7, 11) is 0. The lowest BCUT2D eigenvalue weighted by molar-refractivity contribution is 0.0952. The maximum Gasteiger partial charge on any atom is 0.248 e. The molecule has 1 aromatic rings. The second-order valence-electron chi connectivity index (χ2n) is 3.65. The molecule has 1 aromatic heterocycles. The fourth-order valence-electron chi connectivity index (χ4n) is 1.79. The monoisotopic (exact) mass is 177 g/mol. The van der Waals surface area contributed by atoms with Gasteiger partial charge in [-0.05, 0) is 18.4 Å². The van der Waals surface area contributed by atoms with Crippen molar-refractivity contribution in [1.82, 2.24) is 4.98 Å². The third-order valence-electron chi connectivity index (χ3n) is 2.39. The highest BCUT2D eigenvalue weighted by Gasteiger charge is 2.22. The Balaban J connectivity index is 2.55. The Morgan fingerprint density at radius 1 is 1.31 bits per heavy atom. The largest absolute Gasteiger partial charge is 0.325 e. The molecule has 0 fully saturated rings. The van der Waals surface area contributed by atoms with Crippen molar-refractivity contribution in [3.8, 4) is 0 Å². The summed E-state index contributed by atoms with van der Waals surface area (Å²) in [5.41, 5.74) is 1.37. The average molecular weight is 177 g/mol. The summed E-state index contributed by atoms with van der Waals surface area (Å²) >= 11 is 0. The summed E-state index contributed by atoms with van der Waals surface area (Å²) in [5, 5.41) is 0. The molecule has 0 aromatic carbocycles. The van der Waals surface area contributed by atoms with Gasteiger partial charge in [0.2, 0.25) is 5.56 Å². The van der Waals surface area contributed by atoms with Crippen molar-refractivity contribution in [3.05, 3.63) is 33.7 Å². The predicted molar refractivity (Wildman–Crippen MR) is 48.9 cm³/mol. The van der Waals surface area contributed by atoms with E-state index in [0.29, 0.717) is 17.9 Å². The van der Waals surface area contributed by atoms with Gasteiger partial charge in [0.25, 0.3) is 0 Å². The fraction of sp³-hybridized carbons (Fsp3) is 0.400. The zero-order valence-electron chi connectivity index (χ0n) is 7.46. The number of Topliss-reactive ketones (excluding diaryl/α,β-unsaturated/α-hetero) is 1. The van der Waals surface area contributed by atoms with Gasteiger partial charge in [0.15, 0.2) is 5.78 Å². The molecule has 0 aliphatic heterocycles. The van der Waals surface area contributed by atoms with Gasteiger partial charge in [-0.1, -0.05) is 6.92 Å². The van der Waals surface area contributed by atoms with Gasteiger partial charge in [-0.25, -0.2) is 0 Å². The highest BCUT2D eigenvalue weighted by molar-refractivity contribution is 5.98. The molecule has 0 amide bonds. The number of aromatic amines is 1. The number of H-pyrrole nitrogens is 1. The topological polar surface area (TPSA) is 49.9 Å². The number of fused-ring (bicyclic) bond motifs is 1. The Labute approximate surface area is 75.8 Å². The number of nitrogens with one attached hydrogen (secondary N) is 1. The van der Waals surface area contributed by atoms with Crippen LogP contribution in [-0.2, 0) is 6.42 Å². The third-order valence-corrected chi connectivity index (χ3v) is 2.39. The summed E-state index contributed by atoms with van der Waals surface area (Å²) in [4.78, 5) is 25.2. The second kappa shape index (κ2) is 2.83. The molecule has 1 aliphatic rings. The second-order valence-corrected chi connectivity index (χ2v) is 3.65. The van der Waals surface area contributed by atoms with Crippen LogP contribution in [0.15, 0.2) is 16.9 Å². The lowest BCUT2D eigenvalue weighted by atomic mass is 9.87. The van der Waals surface area contributed by atoms with Crippen LogP contribution in [0.3, 0.4) is 0 Å². The van der Waals surface area contributed by atoms with E-state index in [1.54, 1.807) is 6.07 Å². The van der Waals surface area contributed by atoms with E-state index in [1.165, 1.54) is 6.07 Å². The quantitative estimate of drug-likeness (QED) is 0.646. The van der Waals surface area contributed by atoms with Gasteiger partial charge >= 0.3 is 0 Å². The molecule has 0 spiro atoms. The first kappa shape index (κ1) is 8.23. The number of aromatic nitrogens is 1. The zero-order valence-corrected chi connectivity index (χ0v) is 7.46. The van der Waals surface area contributed by atoms with Crippen molar-refractivity contribution in [3.63, 3.8) is 0 Å². The van der Waals surface area contributed by atoms with Gasteiger partial charge in [-0.15, -0.1) is 0 Å². The van der Waals surface area contributed by atoms with Crippen LogP contribution in [0, 0.1) is 5.92 Å². The first-order valence-corrected chi connectivity index (χ1v) is 4.42. The van der Waals surface area contributed by atoms with E-state index in [4.69, 9.17) is 0 Å². The van der Waals surface area contributed by atoms with Gasteiger partial charge in [0, 0.05) is 23.7 Å². The van der Waals surface area contributed by atoms with E-state index in [2.05, 4.69) is 4.98 Å². The molecule has 1 N–H and O–H groups in total. The fourth-order valence-corrected chi connectivity index (χ4v) is 1.79. The highest BCUT2D eigenvalue weighted by atomic mass is 16.1. The highest BCUT2D eigenvalue weighted by Crippen LogP contribution is 2.22. The van der Waals surface area contributed by atoms with Crippen LogP contribution in [0.25, 0.3) is 0 Å². The minimum atomic E-state index is -0.124. The lowest BCUT2D eigenvalue weighted by Crippen LogP contribution is -2.22. The molecule has 0 bridgehead atoms. The number of rotatable bonds is 0. The van der Waals surface area contributed by atoms with Crippen molar-refractivity contribution in [1.29, 1.82) is 0 Å². The minimum Gasteiger partial charge on any atom is -0.325 e. The van der Waals surface area contributed by atoms with Crippen LogP contribution in [0.2, 0.25) is 0 Å². The van der Waals surface area contributed by atoms with Gasteiger partial charge < -0.3 is 4.98 Å². The number of hydrogen-bond acceptors (Lipinski definition) is 2. The maximum atomic E-state index is 11.5. The predicted octanol–water partition coefficient (Wildman–Crippen LogP) is 1.14. The van der Waals surface area contributed by atoms with Crippen LogP contribution >= 0.6 is 0 Å². The SMILES string of the molecule is C[C@H]1CC(=O)c2ccc(=O)[nH]c2C1. The Hall–Kier alpha value is -1.38. The molecule has 1 aliphatic carbocycles. The normalized spacial score (nSPS) is 21.3. The summed E-state index contributed by atoms with van der Waals surface area (Å²) in [6.45, 7) is 2.02. The van der Waals surface area contributed by atoms with Crippen molar-refractivity contribution in [2.45, 2.75) is 19.8 Å². The molecule has 1 atom stereocenters. The molecule has 13 heavy (non-hydrogen) atoms. The first-order chi connectivity index (χ1) is 6.16. The molecule has 0 radical (unpaired) electrons. The van der Waals surface area contributed by atoms with Crippen LogP contribution in [0.1, 0.15) is 29.4 Å². The number of carbonyl (C=O) groups is 1. The Morgan fingerprint density at radius 3 is 2.85 bits per heavy atom. The summed E-state index contributed by atoms with van der Waals surface area (Å²) in [6, 6.07) is 3.04. The molecule has 3 nitrogen and oxygen atoms in total. The lowest BCUT2D eigenvalue weighted by Gasteiger charge is -2.19. The number of carbonyl (C=O) groups excluding carboxylic acids is 1. The molecular formula is C10H11NO2. The molecule has 3 heteroatoms. The number of pyridine rings is 1. The van der Waals surface area contributed by atoms with Gasteiger partial charge in [0.1, 0.15) is 0 Å². The van der Waals surface area contributed by atoms with E-state index in [9.17, 15) is 9.59 Å². The Bertz CT molecular complexity index is 406. The summed E-state index contributed by atoms with van der Waals surface area (Å²) in [6.07, 6.45) is 1.40. The average Bonchev–Trinajstić information content (AvgIpc) is 2.02. The van der Waals surface area contributed by atoms with E-state index in [1.807, 2.05) is 6.92 Å². The summed E-state index contributed by atoms with van der Waals surface area (Å²) < 4.78 is 0. The van der Waals surface area contributed by atoms with Gasteiger partial charge in [-0.2, -0.15) is 0 Å². The van der Waals surface area contributed by atoms with E-state index >= 15 is 0 Å². The van der Waals surface area contributed by atoms with Gasteiger partial charge in [0.05, 0.1) is 0 Å². The van der Waals surface area contributed by atoms with E-state index in [0.717, 1.165) is 12.1 Å². The van der Waals surface area contributed by atoms with Crippen molar-refractivity contribution < 1.29 is 4.79 Å². The minimum absolute atomic E-state index is 0.124. The molecule has 68 valence electrons. The Kier molecular flexibility index (Phi) is 1.79. The standard InChI is InChI=1S/C10H11NO2/c1-6-4-8-7(9(12)5-6)2-3-10(13)11-8/h2-3,6H,4-5H2,1H3,(H,11,13)/t6-/m1/s1. The molecule has 0 unspecified atom stereocenters. The van der Waals surface area contributed by atoms with Crippen LogP contribution < -0.4 is 5.56 Å². The molecule has 0 saturated heterocycles. The zero-order chi connectivity index (χ0) is 9.42. The van der Waals surface area contributed by atoms with E-state index in [-0.39, 0.29) is 11.3 Å². The Morgan fingerprint density at radius 2 is 2.08 bits per heavy atom. The molecule has 0 saturated carbocycles. The van der Waals surface area contributed by atoms with E-state index < -0.39 is 0 Å². The van der Waals surface area contributed by atoms with Crippen molar-refractivity contribution in [2.75, 3.05) is 0 Å². The van der Waals surface area contributed by atoms with Crippen LogP contribution in [0.4, 0.5) is 0 Å². The van der Waals surface area contributed by atoms with Crippen LogP contribution in [-0.4, -0.2) is 10.8 Å². The maximum absolute atomic E-state index is 11.5.